The summed E-state index contributed by atoms with van der Waals surface area (Å²) >= 11 is 0. The molecule has 2 aromatic rings. The largest absolute Gasteiger partial charge is 0.481 e. The van der Waals surface area contributed by atoms with Crippen molar-refractivity contribution >= 4 is 11.8 Å². The summed E-state index contributed by atoms with van der Waals surface area (Å²) in [5.74, 6) is -0.0799. The fourth-order valence-electron chi connectivity index (χ4n) is 3.13. The SMILES string of the molecule is C[C@H](Oc1ccc(F)cc1)C(=O)N1CCC(NC(=O)c2ccccc2)CC1. The summed E-state index contributed by atoms with van der Waals surface area (Å²) in [7, 11) is 0. The van der Waals surface area contributed by atoms with Gasteiger partial charge in [-0.1, -0.05) is 18.2 Å². The number of ether oxygens (including phenoxy) is 1. The lowest BCUT2D eigenvalue weighted by Gasteiger charge is -2.33. The van der Waals surface area contributed by atoms with Gasteiger partial charge < -0.3 is 15.0 Å². The van der Waals surface area contributed by atoms with Crippen LogP contribution >= 0.6 is 0 Å². The molecule has 2 amide bonds. The molecule has 0 radical (unpaired) electrons. The molecule has 0 spiro atoms. The highest BCUT2D eigenvalue weighted by molar-refractivity contribution is 5.94. The van der Waals surface area contributed by atoms with Crippen LogP contribution in [0.2, 0.25) is 0 Å². The molecule has 1 atom stereocenters. The van der Waals surface area contributed by atoms with Crippen LogP contribution < -0.4 is 10.1 Å². The molecule has 3 rings (SSSR count). The molecule has 6 heteroatoms. The summed E-state index contributed by atoms with van der Waals surface area (Å²) in [5.41, 5.74) is 0.636. The minimum absolute atomic E-state index is 0.0510. The maximum Gasteiger partial charge on any atom is 0.263 e. The summed E-state index contributed by atoms with van der Waals surface area (Å²) in [6.45, 7) is 2.82. The lowest BCUT2D eigenvalue weighted by Crippen LogP contribution is -2.49. The number of halogens is 1. The van der Waals surface area contributed by atoms with Gasteiger partial charge in [-0.25, -0.2) is 4.39 Å². The van der Waals surface area contributed by atoms with Crippen molar-refractivity contribution in [1.82, 2.24) is 10.2 Å². The molecule has 5 nitrogen and oxygen atoms in total. The second kappa shape index (κ2) is 8.66. The second-order valence-corrected chi connectivity index (χ2v) is 6.65. The molecule has 1 fully saturated rings. The van der Waals surface area contributed by atoms with Gasteiger partial charge in [0.15, 0.2) is 6.10 Å². The van der Waals surface area contributed by atoms with Crippen molar-refractivity contribution in [2.75, 3.05) is 13.1 Å². The molecule has 1 heterocycles. The predicted octanol–water partition coefficient (Wildman–Crippen LogP) is 3.01. The zero-order valence-corrected chi connectivity index (χ0v) is 15.2. The van der Waals surface area contributed by atoms with Gasteiger partial charge in [0.1, 0.15) is 11.6 Å². The Hall–Kier alpha value is -2.89. The molecule has 1 N–H and O–H groups in total. The van der Waals surface area contributed by atoms with E-state index in [1.165, 1.54) is 24.3 Å². The summed E-state index contributed by atoms with van der Waals surface area (Å²) < 4.78 is 18.6. The van der Waals surface area contributed by atoms with E-state index in [2.05, 4.69) is 5.32 Å². The number of nitrogens with zero attached hydrogens (tertiary/aromatic N) is 1. The highest BCUT2D eigenvalue weighted by atomic mass is 19.1. The van der Waals surface area contributed by atoms with Crippen molar-refractivity contribution in [3.8, 4) is 5.75 Å². The van der Waals surface area contributed by atoms with E-state index in [1.807, 2.05) is 18.2 Å². The maximum absolute atomic E-state index is 12.9. The van der Waals surface area contributed by atoms with Crippen LogP contribution in [0.5, 0.6) is 5.75 Å². The molecule has 142 valence electrons. The molecule has 0 aliphatic carbocycles. The number of hydrogen-bond acceptors (Lipinski definition) is 3. The molecular formula is C21H23FN2O3. The molecule has 1 aliphatic heterocycles. The van der Waals surface area contributed by atoms with E-state index >= 15 is 0 Å². The zero-order valence-electron chi connectivity index (χ0n) is 15.2. The van der Waals surface area contributed by atoms with Crippen molar-refractivity contribution in [3.63, 3.8) is 0 Å². The van der Waals surface area contributed by atoms with Crippen molar-refractivity contribution in [2.24, 2.45) is 0 Å². The van der Waals surface area contributed by atoms with Gasteiger partial charge in [-0.2, -0.15) is 0 Å². The fraction of sp³-hybridized carbons (Fsp3) is 0.333. The van der Waals surface area contributed by atoms with E-state index in [1.54, 1.807) is 24.0 Å². The number of likely N-dealkylation sites (tertiary alicyclic amines) is 1. The molecule has 1 aliphatic rings. The minimum Gasteiger partial charge on any atom is -0.481 e. The zero-order chi connectivity index (χ0) is 19.2. The van der Waals surface area contributed by atoms with E-state index in [-0.39, 0.29) is 23.7 Å². The number of carbonyl (C=O) groups is 2. The minimum atomic E-state index is -0.647. The molecule has 0 bridgehead atoms. The topological polar surface area (TPSA) is 58.6 Å². The van der Waals surface area contributed by atoms with Crippen molar-refractivity contribution < 1.29 is 18.7 Å². The summed E-state index contributed by atoms with van der Waals surface area (Å²) in [6, 6.07) is 14.8. The van der Waals surface area contributed by atoms with Gasteiger partial charge in [0.2, 0.25) is 0 Å². The van der Waals surface area contributed by atoms with E-state index in [0.717, 1.165) is 0 Å². The van der Waals surface area contributed by atoms with Crippen LogP contribution in [0.3, 0.4) is 0 Å². The van der Waals surface area contributed by atoms with Crippen molar-refractivity contribution in [1.29, 1.82) is 0 Å². The predicted molar refractivity (Wildman–Crippen MR) is 100 cm³/mol. The van der Waals surface area contributed by atoms with Crippen LogP contribution in [0.1, 0.15) is 30.1 Å². The Morgan fingerprint density at radius 2 is 1.70 bits per heavy atom. The summed E-state index contributed by atoms with van der Waals surface area (Å²) in [6.07, 6.45) is 0.757. The van der Waals surface area contributed by atoms with Crippen LogP contribution in [-0.4, -0.2) is 41.9 Å². The number of hydrogen-bond donors (Lipinski definition) is 1. The Bertz CT molecular complexity index is 772. The lowest BCUT2D eigenvalue weighted by atomic mass is 10.0. The number of piperidine rings is 1. The average molecular weight is 370 g/mol. The first-order valence-electron chi connectivity index (χ1n) is 9.10. The van der Waals surface area contributed by atoms with Crippen LogP contribution in [0.4, 0.5) is 4.39 Å². The third-order valence-electron chi connectivity index (χ3n) is 4.65. The monoisotopic (exact) mass is 370 g/mol. The van der Waals surface area contributed by atoms with Gasteiger partial charge in [0.25, 0.3) is 11.8 Å². The number of benzene rings is 2. The molecule has 0 saturated carbocycles. The average Bonchev–Trinajstić information content (AvgIpc) is 2.70. The first-order valence-corrected chi connectivity index (χ1v) is 9.10. The smallest absolute Gasteiger partial charge is 0.263 e. The van der Waals surface area contributed by atoms with Crippen LogP contribution in [-0.2, 0) is 4.79 Å². The molecule has 2 aromatic carbocycles. The third kappa shape index (κ3) is 5.06. The standard InChI is InChI=1S/C21H23FN2O3/c1-15(27-19-9-7-17(22)8-10-19)21(26)24-13-11-18(12-14-24)23-20(25)16-5-3-2-4-6-16/h2-10,15,18H,11-14H2,1H3,(H,23,25)/t15-/m0/s1. The fourth-order valence-corrected chi connectivity index (χ4v) is 3.13. The first-order chi connectivity index (χ1) is 13.0. The normalized spacial score (nSPS) is 15.9. The highest BCUT2D eigenvalue weighted by Gasteiger charge is 2.27. The van der Waals surface area contributed by atoms with Gasteiger partial charge in [-0.3, -0.25) is 9.59 Å². The quantitative estimate of drug-likeness (QED) is 0.880. The molecule has 0 unspecified atom stereocenters. The Kier molecular flexibility index (Phi) is 6.06. The van der Waals surface area contributed by atoms with Gasteiger partial charge in [-0.15, -0.1) is 0 Å². The Balaban J connectivity index is 1.47. The number of amides is 2. The van der Waals surface area contributed by atoms with E-state index in [9.17, 15) is 14.0 Å². The summed E-state index contributed by atoms with van der Waals surface area (Å²) in [5, 5.41) is 3.03. The highest BCUT2D eigenvalue weighted by Crippen LogP contribution is 2.17. The summed E-state index contributed by atoms with van der Waals surface area (Å²) in [4.78, 5) is 26.5. The van der Waals surface area contributed by atoms with Gasteiger partial charge in [0, 0.05) is 24.7 Å². The number of rotatable bonds is 5. The molecule has 0 aromatic heterocycles. The van der Waals surface area contributed by atoms with E-state index in [4.69, 9.17) is 4.74 Å². The van der Waals surface area contributed by atoms with Gasteiger partial charge >= 0.3 is 0 Å². The number of nitrogens with one attached hydrogen (secondary N) is 1. The van der Waals surface area contributed by atoms with Gasteiger partial charge in [-0.05, 0) is 56.2 Å². The molecular weight excluding hydrogens is 347 g/mol. The van der Waals surface area contributed by atoms with Gasteiger partial charge in [0.05, 0.1) is 0 Å². The van der Waals surface area contributed by atoms with E-state index in [0.29, 0.717) is 37.2 Å². The lowest BCUT2D eigenvalue weighted by molar-refractivity contribution is -0.139. The van der Waals surface area contributed by atoms with E-state index < -0.39 is 6.10 Å². The third-order valence-corrected chi connectivity index (χ3v) is 4.65. The van der Waals surface area contributed by atoms with Crippen molar-refractivity contribution in [2.45, 2.75) is 31.9 Å². The maximum atomic E-state index is 12.9. The molecule has 27 heavy (non-hydrogen) atoms. The Labute approximate surface area is 158 Å². The van der Waals surface area contributed by atoms with Crippen LogP contribution in [0.25, 0.3) is 0 Å². The molecule has 1 saturated heterocycles. The second-order valence-electron chi connectivity index (χ2n) is 6.65. The first kappa shape index (κ1) is 18.9. The van der Waals surface area contributed by atoms with Crippen LogP contribution in [0.15, 0.2) is 54.6 Å². The van der Waals surface area contributed by atoms with Crippen molar-refractivity contribution in [3.05, 3.63) is 66.0 Å². The Morgan fingerprint density at radius 3 is 2.33 bits per heavy atom. The van der Waals surface area contributed by atoms with Crippen LogP contribution in [0, 0.1) is 5.82 Å². The number of carbonyl (C=O) groups excluding carboxylic acids is 2. The Morgan fingerprint density at radius 1 is 1.07 bits per heavy atom.